The van der Waals surface area contributed by atoms with E-state index >= 15 is 0 Å². The molecule has 0 aliphatic carbocycles. The molecule has 0 heterocycles. The van der Waals surface area contributed by atoms with E-state index in [0.29, 0.717) is 25.2 Å². The highest BCUT2D eigenvalue weighted by molar-refractivity contribution is 5.69. The van der Waals surface area contributed by atoms with Crippen LogP contribution in [0.15, 0.2) is 18.2 Å². The number of unbranched alkanes of at least 4 members (excludes halogenated alkanes) is 2. The molecule has 0 bridgehead atoms. The molecular formula is C19H30O4. The Morgan fingerprint density at radius 2 is 2.04 bits per heavy atom. The Hall–Kier alpha value is -1.71. The van der Waals surface area contributed by atoms with Gasteiger partial charge in [-0.25, -0.2) is 0 Å². The molecule has 0 fully saturated rings. The van der Waals surface area contributed by atoms with Crippen LogP contribution in [0.25, 0.3) is 0 Å². The van der Waals surface area contributed by atoms with E-state index in [9.17, 15) is 9.90 Å². The first-order chi connectivity index (χ1) is 11.1. The lowest BCUT2D eigenvalue weighted by atomic mass is 10.0. The van der Waals surface area contributed by atoms with Gasteiger partial charge in [0.1, 0.15) is 0 Å². The number of hydrogen-bond acceptors (Lipinski definition) is 4. The molecule has 0 saturated carbocycles. The number of ether oxygens (including phenoxy) is 2. The van der Waals surface area contributed by atoms with Crippen molar-refractivity contribution in [3.63, 3.8) is 0 Å². The van der Waals surface area contributed by atoms with Crippen molar-refractivity contribution >= 4 is 5.97 Å². The zero-order valence-electron chi connectivity index (χ0n) is 14.6. The third-order valence-electron chi connectivity index (χ3n) is 4.16. The van der Waals surface area contributed by atoms with Crippen LogP contribution in [0.1, 0.15) is 57.9 Å². The lowest BCUT2D eigenvalue weighted by molar-refractivity contribution is -0.143. The molecule has 0 spiro atoms. The van der Waals surface area contributed by atoms with Gasteiger partial charge >= 0.3 is 5.97 Å². The number of aromatic hydroxyl groups is 1. The van der Waals surface area contributed by atoms with E-state index in [4.69, 9.17) is 9.47 Å². The third-order valence-corrected chi connectivity index (χ3v) is 4.16. The fourth-order valence-corrected chi connectivity index (χ4v) is 2.36. The summed E-state index contributed by atoms with van der Waals surface area (Å²) in [6.07, 6.45) is 6.69. The second kappa shape index (κ2) is 10.9. The number of phenolic OH excluding ortho intramolecular Hbond substituents is 1. The van der Waals surface area contributed by atoms with Crippen LogP contribution in [-0.4, -0.2) is 24.8 Å². The van der Waals surface area contributed by atoms with Gasteiger partial charge in [-0.3, -0.25) is 4.79 Å². The first kappa shape index (κ1) is 19.3. The summed E-state index contributed by atoms with van der Waals surface area (Å²) in [6, 6.07) is 5.12. The second-order valence-electron chi connectivity index (χ2n) is 6.09. The van der Waals surface area contributed by atoms with Crippen molar-refractivity contribution in [2.45, 2.75) is 58.8 Å². The summed E-state index contributed by atoms with van der Waals surface area (Å²) >= 11 is 0. The minimum absolute atomic E-state index is 0.108. The molecule has 0 saturated heterocycles. The van der Waals surface area contributed by atoms with Crippen molar-refractivity contribution in [1.82, 2.24) is 0 Å². The minimum atomic E-state index is -0.168. The van der Waals surface area contributed by atoms with E-state index in [1.54, 1.807) is 18.2 Å². The average molecular weight is 322 g/mol. The van der Waals surface area contributed by atoms with Gasteiger partial charge < -0.3 is 14.6 Å². The molecule has 0 aliphatic rings. The summed E-state index contributed by atoms with van der Waals surface area (Å²) in [7, 11) is 1.51. The Balaban J connectivity index is 2.15. The van der Waals surface area contributed by atoms with Crippen LogP contribution in [0.4, 0.5) is 0 Å². The summed E-state index contributed by atoms with van der Waals surface area (Å²) in [5.74, 6) is 1.16. The topological polar surface area (TPSA) is 55.8 Å². The first-order valence-electron chi connectivity index (χ1n) is 8.58. The van der Waals surface area contributed by atoms with E-state index in [0.717, 1.165) is 24.3 Å². The highest BCUT2D eigenvalue weighted by atomic mass is 16.5. The zero-order chi connectivity index (χ0) is 17.1. The van der Waals surface area contributed by atoms with E-state index in [2.05, 4.69) is 13.8 Å². The van der Waals surface area contributed by atoms with Crippen LogP contribution in [0.2, 0.25) is 0 Å². The SMILES string of the molecule is CCC(C)CCCCCOC(=O)CCc1ccc(O)c(OC)c1. The Morgan fingerprint density at radius 3 is 2.74 bits per heavy atom. The molecule has 130 valence electrons. The second-order valence-corrected chi connectivity index (χ2v) is 6.09. The van der Waals surface area contributed by atoms with Gasteiger partial charge in [-0.1, -0.05) is 45.6 Å². The van der Waals surface area contributed by atoms with Gasteiger partial charge in [0.2, 0.25) is 0 Å². The molecule has 0 aromatic heterocycles. The summed E-state index contributed by atoms with van der Waals surface area (Å²) in [6.45, 7) is 5.01. The average Bonchev–Trinajstić information content (AvgIpc) is 2.56. The minimum Gasteiger partial charge on any atom is -0.504 e. The largest absolute Gasteiger partial charge is 0.504 e. The number of carbonyl (C=O) groups excluding carboxylic acids is 1. The molecular weight excluding hydrogens is 292 g/mol. The van der Waals surface area contributed by atoms with Gasteiger partial charge in [0.15, 0.2) is 11.5 Å². The number of hydrogen-bond donors (Lipinski definition) is 1. The summed E-state index contributed by atoms with van der Waals surface area (Å²) in [5, 5.41) is 9.53. The summed E-state index contributed by atoms with van der Waals surface area (Å²) in [5.41, 5.74) is 0.949. The van der Waals surface area contributed by atoms with Gasteiger partial charge in [0, 0.05) is 6.42 Å². The molecule has 23 heavy (non-hydrogen) atoms. The Kier molecular flexibility index (Phi) is 9.18. The Labute approximate surface area is 139 Å². The molecule has 1 N–H and O–H groups in total. The van der Waals surface area contributed by atoms with Gasteiger partial charge in [0.25, 0.3) is 0 Å². The van der Waals surface area contributed by atoms with Crippen molar-refractivity contribution in [2.24, 2.45) is 5.92 Å². The van der Waals surface area contributed by atoms with Crippen LogP contribution in [0.3, 0.4) is 0 Å². The van der Waals surface area contributed by atoms with E-state index in [1.165, 1.54) is 26.4 Å². The first-order valence-corrected chi connectivity index (χ1v) is 8.58. The fourth-order valence-electron chi connectivity index (χ4n) is 2.36. The number of phenols is 1. The zero-order valence-corrected chi connectivity index (χ0v) is 14.6. The lowest BCUT2D eigenvalue weighted by Crippen LogP contribution is -2.07. The number of esters is 1. The molecule has 1 atom stereocenters. The highest BCUT2D eigenvalue weighted by Gasteiger charge is 2.07. The number of benzene rings is 1. The predicted octanol–water partition coefficient (Wildman–Crippen LogP) is 4.48. The van der Waals surface area contributed by atoms with Gasteiger partial charge in [-0.2, -0.15) is 0 Å². The van der Waals surface area contributed by atoms with Gasteiger partial charge in [0.05, 0.1) is 13.7 Å². The maximum Gasteiger partial charge on any atom is 0.306 e. The monoisotopic (exact) mass is 322 g/mol. The molecule has 1 aromatic rings. The molecule has 1 aromatic carbocycles. The van der Waals surface area contributed by atoms with Crippen LogP contribution in [0, 0.1) is 5.92 Å². The van der Waals surface area contributed by atoms with Crippen LogP contribution < -0.4 is 4.74 Å². The van der Waals surface area contributed by atoms with Crippen molar-refractivity contribution < 1.29 is 19.4 Å². The normalized spacial score (nSPS) is 12.0. The molecule has 1 rings (SSSR count). The highest BCUT2D eigenvalue weighted by Crippen LogP contribution is 2.26. The van der Waals surface area contributed by atoms with Crippen molar-refractivity contribution in [3.8, 4) is 11.5 Å². The van der Waals surface area contributed by atoms with Crippen LogP contribution in [0.5, 0.6) is 11.5 Å². The predicted molar refractivity (Wildman–Crippen MR) is 91.9 cm³/mol. The summed E-state index contributed by atoms with van der Waals surface area (Å²) in [4.78, 5) is 11.7. The van der Waals surface area contributed by atoms with Crippen molar-refractivity contribution in [3.05, 3.63) is 23.8 Å². The van der Waals surface area contributed by atoms with E-state index < -0.39 is 0 Å². The van der Waals surface area contributed by atoms with Crippen molar-refractivity contribution in [1.29, 1.82) is 0 Å². The molecule has 4 heteroatoms. The smallest absolute Gasteiger partial charge is 0.306 e. The molecule has 0 radical (unpaired) electrons. The number of rotatable bonds is 11. The van der Waals surface area contributed by atoms with Crippen LogP contribution in [-0.2, 0) is 16.0 Å². The quantitative estimate of drug-likeness (QED) is 0.482. The molecule has 4 nitrogen and oxygen atoms in total. The van der Waals surface area contributed by atoms with Crippen LogP contribution >= 0.6 is 0 Å². The number of aryl methyl sites for hydroxylation is 1. The lowest BCUT2D eigenvalue weighted by Gasteiger charge is -2.08. The maximum absolute atomic E-state index is 11.7. The number of methoxy groups -OCH3 is 1. The van der Waals surface area contributed by atoms with Gasteiger partial charge in [-0.15, -0.1) is 0 Å². The third kappa shape index (κ3) is 7.91. The van der Waals surface area contributed by atoms with E-state index in [-0.39, 0.29) is 11.7 Å². The van der Waals surface area contributed by atoms with E-state index in [1.807, 2.05) is 0 Å². The Bertz CT molecular complexity index is 470. The van der Waals surface area contributed by atoms with Crippen molar-refractivity contribution in [2.75, 3.05) is 13.7 Å². The fraction of sp³-hybridized carbons (Fsp3) is 0.632. The molecule has 0 aliphatic heterocycles. The standard InChI is InChI=1S/C19H30O4/c1-4-15(2)8-6-5-7-13-23-19(21)12-10-16-9-11-17(20)18(14-16)22-3/h9,11,14-15,20H,4-8,10,12-13H2,1-3H3. The Morgan fingerprint density at radius 1 is 1.26 bits per heavy atom. The molecule has 1 unspecified atom stereocenters. The maximum atomic E-state index is 11.7. The van der Waals surface area contributed by atoms with Gasteiger partial charge in [-0.05, 0) is 36.5 Å². The molecule has 0 amide bonds. The summed E-state index contributed by atoms with van der Waals surface area (Å²) < 4.78 is 10.3. The number of carbonyl (C=O) groups is 1.